The van der Waals surface area contributed by atoms with Crippen molar-refractivity contribution in [2.75, 3.05) is 45.9 Å². The summed E-state index contributed by atoms with van der Waals surface area (Å²) < 4.78 is 38.3. The lowest BCUT2D eigenvalue weighted by molar-refractivity contribution is -0.132. The van der Waals surface area contributed by atoms with Crippen molar-refractivity contribution >= 4 is 21.8 Å². The maximum absolute atomic E-state index is 13.0. The average molecular weight is 438 g/mol. The zero-order chi connectivity index (χ0) is 21.3. The molecule has 2 unspecified atom stereocenters. The van der Waals surface area contributed by atoms with Crippen LogP contribution in [0.2, 0.25) is 0 Å². The minimum atomic E-state index is -3.68. The molecule has 1 N–H and O–H groups in total. The lowest BCUT2D eigenvalue weighted by Gasteiger charge is -2.34. The van der Waals surface area contributed by atoms with Gasteiger partial charge in [-0.25, -0.2) is 8.42 Å². The van der Waals surface area contributed by atoms with Crippen LogP contribution in [0.15, 0.2) is 23.1 Å². The van der Waals surface area contributed by atoms with Gasteiger partial charge in [-0.1, -0.05) is 6.92 Å². The van der Waals surface area contributed by atoms with Crippen LogP contribution in [0.25, 0.3) is 0 Å². The van der Waals surface area contributed by atoms with Gasteiger partial charge in [-0.15, -0.1) is 0 Å². The van der Waals surface area contributed by atoms with Gasteiger partial charge in [0.2, 0.25) is 21.8 Å². The number of benzene rings is 1. The third kappa shape index (κ3) is 4.39. The van der Waals surface area contributed by atoms with E-state index in [4.69, 9.17) is 9.47 Å². The summed E-state index contributed by atoms with van der Waals surface area (Å²) >= 11 is 0. The van der Waals surface area contributed by atoms with Gasteiger partial charge in [-0.05, 0) is 24.5 Å². The van der Waals surface area contributed by atoms with E-state index >= 15 is 0 Å². The zero-order valence-electron chi connectivity index (χ0n) is 17.0. The van der Waals surface area contributed by atoms with E-state index in [0.717, 1.165) is 6.42 Å². The first-order valence-electron chi connectivity index (χ1n) is 10.3. The molecule has 2 fully saturated rings. The van der Waals surface area contributed by atoms with Gasteiger partial charge in [0.15, 0.2) is 11.5 Å². The molecule has 0 spiro atoms. The van der Waals surface area contributed by atoms with Crippen molar-refractivity contribution in [2.24, 2.45) is 11.8 Å². The average Bonchev–Trinajstić information content (AvgIpc) is 3.50. The van der Waals surface area contributed by atoms with Gasteiger partial charge >= 0.3 is 0 Å². The predicted octanol–water partition coefficient (Wildman–Crippen LogP) is 0.453. The second kappa shape index (κ2) is 8.43. The fraction of sp³-hybridized carbons (Fsp3) is 0.600. The van der Waals surface area contributed by atoms with Crippen LogP contribution in [0, 0.1) is 11.8 Å². The normalized spacial score (nSPS) is 23.7. The molecule has 10 heteroatoms. The maximum Gasteiger partial charge on any atom is 0.243 e. The summed E-state index contributed by atoms with van der Waals surface area (Å²) in [6.07, 6.45) is 1.14. The molecule has 30 heavy (non-hydrogen) atoms. The molecule has 2 aliphatic heterocycles. The smallest absolute Gasteiger partial charge is 0.243 e. The highest BCUT2D eigenvalue weighted by Crippen LogP contribution is 2.37. The van der Waals surface area contributed by atoms with Crippen LogP contribution >= 0.6 is 0 Å². The van der Waals surface area contributed by atoms with E-state index < -0.39 is 10.0 Å². The molecule has 2 amide bonds. The van der Waals surface area contributed by atoms with E-state index in [9.17, 15) is 18.0 Å². The topological polar surface area (TPSA) is 105 Å². The summed E-state index contributed by atoms with van der Waals surface area (Å²) in [5, 5.41) is 2.81. The Labute approximate surface area is 176 Å². The standard InChI is InChI=1S/C20H27N3O6S/c1-14-12-16(14)20(25)21-5-4-19(24)22-6-8-23(9-7-22)30(26,27)15-2-3-17-18(13-15)29-11-10-28-17/h2-3,13-14,16H,4-12H2,1H3,(H,21,25). The van der Waals surface area contributed by atoms with Gasteiger partial charge in [0.1, 0.15) is 13.2 Å². The molecule has 3 aliphatic rings. The fourth-order valence-corrected chi connectivity index (χ4v) is 5.22. The SMILES string of the molecule is CC1CC1C(=O)NCCC(=O)N1CCN(S(=O)(=O)c2ccc3c(c2)OCCO3)CC1. The van der Waals surface area contributed by atoms with E-state index in [1.165, 1.54) is 16.4 Å². The highest BCUT2D eigenvalue weighted by Gasteiger charge is 2.39. The van der Waals surface area contributed by atoms with Crippen LogP contribution in [0.5, 0.6) is 11.5 Å². The lowest BCUT2D eigenvalue weighted by atomic mass is 10.3. The number of amides is 2. The van der Waals surface area contributed by atoms with Crippen molar-refractivity contribution in [3.8, 4) is 11.5 Å². The van der Waals surface area contributed by atoms with Crippen molar-refractivity contribution < 1.29 is 27.5 Å². The van der Waals surface area contributed by atoms with Gasteiger partial charge in [-0.2, -0.15) is 4.31 Å². The number of hydrogen-bond donors (Lipinski definition) is 1. The van der Waals surface area contributed by atoms with E-state index in [2.05, 4.69) is 5.32 Å². The van der Waals surface area contributed by atoms with Gasteiger partial charge in [0.25, 0.3) is 0 Å². The van der Waals surface area contributed by atoms with Gasteiger partial charge in [0, 0.05) is 51.1 Å². The number of ether oxygens (including phenoxy) is 2. The molecule has 1 saturated heterocycles. The number of nitrogens with zero attached hydrogens (tertiary/aromatic N) is 2. The summed E-state index contributed by atoms with van der Waals surface area (Å²) in [6.45, 7) is 4.30. The van der Waals surface area contributed by atoms with E-state index in [1.54, 1.807) is 11.0 Å². The van der Waals surface area contributed by atoms with Crippen LogP contribution in [0.4, 0.5) is 0 Å². The Morgan fingerprint density at radius 1 is 1.10 bits per heavy atom. The molecule has 4 rings (SSSR count). The molecule has 0 radical (unpaired) electrons. The van der Waals surface area contributed by atoms with Crippen LogP contribution < -0.4 is 14.8 Å². The molecule has 9 nitrogen and oxygen atoms in total. The number of rotatable bonds is 6. The summed E-state index contributed by atoms with van der Waals surface area (Å²) in [5.74, 6) is 1.44. The number of piperazine rings is 1. The number of fused-ring (bicyclic) bond motifs is 1. The van der Waals surface area contributed by atoms with E-state index in [-0.39, 0.29) is 42.1 Å². The Hall–Kier alpha value is -2.33. The molecular formula is C20H27N3O6S. The monoisotopic (exact) mass is 437 g/mol. The number of hydrogen-bond acceptors (Lipinski definition) is 6. The molecule has 1 aromatic rings. The van der Waals surface area contributed by atoms with Crippen LogP contribution in [-0.2, 0) is 19.6 Å². The highest BCUT2D eigenvalue weighted by molar-refractivity contribution is 7.89. The van der Waals surface area contributed by atoms with Gasteiger partial charge in [0.05, 0.1) is 4.90 Å². The lowest BCUT2D eigenvalue weighted by Crippen LogP contribution is -2.50. The second-order valence-electron chi connectivity index (χ2n) is 7.95. The van der Waals surface area contributed by atoms with E-state index in [1.807, 2.05) is 6.92 Å². The van der Waals surface area contributed by atoms with E-state index in [0.29, 0.717) is 50.3 Å². The minimum absolute atomic E-state index is 0.0191. The molecule has 2 heterocycles. The quantitative estimate of drug-likeness (QED) is 0.693. The number of carbonyl (C=O) groups excluding carboxylic acids is 2. The zero-order valence-corrected chi connectivity index (χ0v) is 17.8. The second-order valence-corrected chi connectivity index (χ2v) is 9.89. The van der Waals surface area contributed by atoms with Gasteiger partial charge < -0.3 is 19.7 Å². The Morgan fingerprint density at radius 2 is 1.77 bits per heavy atom. The van der Waals surface area contributed by atoms with Crippen molar-refractivity contribution in [1.29, 1.82) is 0 Å². The number of carbonyl (C=O) groups is 2. The first-order chi connectivity index (χ1) is 14.4. The predicted molar refractivity (Wildman–Crippen MR) is 108 cm³/mol. The first kappa shape index (κ1) is 20.9. The minimum Gasteiger partial charge on any atom is -0.486 e. The molecule has 0 aromatic heterocycles. The Kier molecular flexibility index (Phi) is 5.88. The fourth-order valence-electron chi connectivity index (χ4n) is 3.78. The van der Waals surface area contributed by atoms with Crippen LogP contribution in [-0.4, -0.2) is 75.4 Å². The first-order valence-corrected chi connectivity index (χ1v) is 11.8. The Bertz CT molecular complexity index is 926. The highest BCUT2D eigenvalue weighted by atomic mass is 32.2. The van der Waals surface area contributed by atoms with Gasteiger partial charge in [-0.3, -0.25) is 9.59 Å². The molecular weight excluding hydrogens is 410 g/mol. The van der Waals surface area contributed by atoms with Crippen molar-refractivity contribution in [2.45, 2.75) is 24.7 Å². The molecule has 2 atom stereocenters. The summed E-state index contributed by atoms with van der Waals surface area (Å²) in [7, 11) is -3.68. The molecule has 164 valence electrons. The maximum atomic E-state index is 13.0. The molecule has 1 saturated carbocycles. The van der Waals surface area contributed by atoms with Crippen molar-refractivity contribution in [1.82, 2.24) is 14.5 Å². The number of nitrogens with one attached hydrogen (secondary N) is 1. The summed E-state index contributed by atoms with van der Waals surface area (Å²) in [4.78, 5) is 26.0. The third-order valence-electron chi connectivity index (χ3n) is 5.83. The molecule has 1 aromatic carbocycles. The largest absolute Gasteiger partial charge is 0.486 e. The Morgan fingerprint density at radius 3 is 2.43 bits per heavy atom. The van der Waals surface area contributed by atoms with Crippen LogP contribution in [0.3, 0.4) is 0 Å². The molecule has 0 bridgehead atoms. The van der Waals surface area contributed by atoms with Crippen molar-refractivity contribution in [3.05, 3.63) is 18.2 Å². The number of sulfonamides is 1. The van der Waals surface area contributed by atoms with Crippen molar-refractivity contribution in [3.63, 3.8) is 0 Å². The Balaban J connectivity index is 1.28. The summed E-state index contributed by atoms with van der Waals surface area (Å²) in [5.41, 5.74) is 0. The van der Waals surface area contributed by atoms with Crippen LogP contribution in [0.1, 0.15) is 19.8 Å². The molecule has 1 aliphatic carbocycles. The third-order valence-corrected chi connectivity index (χ3v) is 7.72. The summed E-state index contributed by atoms with van der Waals surface area (Å²) in [6, 6.07) is 4.62.